The van der Waals surface area contributed by atoms with Crippen LogP contribution in [0.4, 0.5) is 0 Å². The van der Waals surface area contributed by atoms with E-state index in [0.29, 0.717) is 19.0 Å². The molecular formula is C21H27N3O2. The van der Waals surface area contributed by atoms with E-state index in [4.69, 9.17) is 0 Å². The van der Waals surface area contributed by atoms with Crippen LogP contribution in [0, 0.1) is 0 Å². The van der Waals surface area contributed by atoms with E-state index in [-0.39, 0.29) is 11.5 Å². The molecule has 0 atom stereocenters. The van der Waals surface area contributed by atoms with Crippen molar-refractivity contribution in [1.82, 2.24) is 14.8 Å². The molecule has 2 aromatic rings. The van der Waals surface area contributed by atoms with Crippen LogP contribution >= 0.6 is 0 Å². The van der Waals surface area contributed by atoms with Crippen LogP contribution < -0.4 is 10.9 Å². The number of aryl methyl sites for hydroxylation is 1. The predicted octanol–water partition coefficient (Wildman–Crippen LogP) is 1.92. The normalized spacial score (nSPS) is 15.7. The summed E-state index contributed by atoms with van der Waals surface area (Å²) in [6, 6.07) is 14.0. The summed E-state index contributed by atoms with van der Waals surface area (Å²) in [7, 11) is 1.77. The Morgan fingerprint density at radius 2 is 1.88 bits per heavy atom. The van der Waals surface area contributed by atoms with Crippen molar-refractivity contribution < 1.29 is 4.79 Å². The van der Waals surface area contributed by atoms with E-state index in [9.17, 15) is 9.59 Å². The van der Waals surface area contributed by atoms with Crippen LogP contribution in [-0.4, -0.2) is 41.6 Å². The third-order valence-electron chi connectivity index (χ3n) is 5.13. The van der Waals surface area contributed by atoms with Crippen LogP contribution in [-0.2, 0) is 18.3 Å². The number of piperidine rings is 1. The summed E-state index contributed by atoms with van der Waals surface area (Å²) in [4.78, 5) is 26.1. The van der Waals surface area contributed by atoms with E-state index in [1.807, 2.05) is 30.5 Å². The van der Waals surface area contributed by atoms with E-state index >= 15 is 0 Å². The number of likely N-dealkylation sites (tertiary alicyclic amines) is 1. The first-order chi connectivity index (χ1) is 12.6. The molecule has 1 saturated heterocycles. The van der Waals surface area contributed by atoms with Crippen molar-refractivity contribution in [3.05, 3.63) is 70.1 Å². The lowest BCUT2D eigenvalue weighted by Gasteiger charge is -2.31. The Kier molecular flexibility index (Phi) is 6.23. The summed E-state index contributed by atoms with van der Waals surface area (Å²) in [5.74, 6) is 0.509. The van der Waals surface area contributed by atoms with Gasteiger partial charge in [-0.25, -0.2) is 0 Å². The Hall–Kier alpha value is -2.40. The number of pyridine rings is 1. The first kappa shape index (κ1) is 18.4. The minimum absolute atomic E-state index is 0.0442. The highest BCUT2D eigenvalue weighted by atomic mass is 16.2. The average molecular weight is 353 g/mol. The second-order valence-electron chi connectivity index (χ2n) is 7.05. The van der Waals surface area contributed by atoms with E-state index < -0.39 is 0 Å². The first-order valence-electron chi connectivity index (χ1n) is 9.31. The minimum Gasteiger partial charge on any atom is -0.355 e. The highest BCUT2D eigenvalue weighted by Crippen LogP contribution is 2.26. The van der Waals surface area contributed by atoms with E-state index in [1.165, 1.54) is 5.56 Å². The Morgan fingerprint density at radius 1 is 1.15 bits per heavy atom. The van der Waals surface area contributed by atoms with Gasteiger partial charge in [-0.05, 0) is 55.5 Å². The Bertz CT molecular complexity index is 777. The zero-order valence-corrected chi connectivity index (χ0v) is 15.4. The highest BCUT2D eigenvalue weighted by Gasteiger charge is 2.22. The molecule has 1 aromatic heterocycles. The van der Waals surface area contributed by atoms with Gasteiger partial charge >= 0.3 is 0 Å². The molecule has 5 heteroatoms. The fraction of sp³-hybridized carbons (Fsp3) is 0.429. The summed E-state index contributed by atoms with van der Waals surface area (Å²) in [5, 5.41) is 3.01. The van der Waals surface area contributed by atoms with Gasteiger partial charge in [-0.2, -0.15) is 0 Å². The molecule has 1 N–H and O–H groups in total. The number of carbonyl (C=O) groups is 1. The Labute approximate surface area is 154 Å². The van der Waals surface area contributed by atoms with Crippen LogP contribution in [0.5, 0.6) is 0 Å². The number of rotatable bonds is 6. The maximum atomic E-state index is 12.1. The summed E-state index contributed by atoms with van der Waals surface area (Å²) in [6.07, 6.45) is 4.68. The van der Waals surface area contributed by atoms with Gasteiger partial charge in [0.15, 0.2) is 0 Å². The van der Waals surface area contributed by atoms with Crippen LogP contribution in [0.3, 0.4) is 0 Å². The van der Waals surface area contributed by atoms with E-state index in [2.05, 4.69) is 22.3 Å². The van der Waals surface area contributed by atoms with Crippen LogP contribution in [0.1, 0.15) is 29.9 Å². The molecule has 26 heavy (non-hydrogen) atoms. The number of aromatic nitrogens is 1. The number of hydrogen-bond acceptors (Lipinski definition) is 3. The lowest BCUT2D eigenvalue weighted by Crippen LogP contribution is -2.41. The zero-order chi connectivity index (χ0) is 18.4. The van der Waals surface area contributed by atoms with Crippen molar-refractivity contribution in [3.63, 3.8) is 0 Å². The van der Waals surface area contributed by atoms with Gasteiger partial charge in [-0.15, -0.1) is 0 Å². The van der Waals surface area contributed by atoms with Gasteiger partial charge in [0.05, 0.1) is 6.54 Å². The molecule has 0 spiro atoms. The first-order valence-corrected chi connectivity index (χ1v) is 9.31. The number of nitrogens with zero attached hydrogens (tertiary/aromatic N) is 2. The summed E-state index contributed by atoms with van der Waals surface area (Å²) >= 11 is 0. The fourth-order valence-electron chi connectivity index (χ4n) is 3.49. The number of benzene rings is 1. The van der Waals surface area contributed by atoms with Crippen molar-refractivity contribution in [3.8, 4) is 0 Å². The van der Waals surface area contributed by atoms with Crippen molar-refractivity contribution in [2.75, 3.05) is 26.2 Å². The zero-order valence-electron chi connectivity index (χ0n) is 15.4. The third-order valence-corrected chi connectivity index (χ3v) is 5.13. The maximum Gasteiger partial charge on any atom is 0.250 e. The standard InChI is InChI=1S/C21H27N3O2/c1-23-12-8-19(15-21(23)26)18-9-13-24(14-10-18)16-20(25)22-11-7-17-5-3-2-4-6-17/h2-6,8,12,15,18H,7,9-11,13-14,16H2,1H3,(H,22,25). The molecule has 0 unspecified atom stereocenters. The van der Waals surface area contributed by atoms with Crippen LogP contribution in [0.2, 0.25) is 0 Å². The Balaban J connectivity index is 1.40. The Morgan fingerprint density at radius 3 is 2.58 bits per heavy atom. The molecule has 138 valence electrons. The second-order valence-corrected chi connectivity index (χ2v) is 7.05. The van der Waals surface area contributed by atoms with Gasteiger partial charge in [-0.1, -0.05) is 30.3 Å². The van der Waals surface area contributed by atoms with Gasteiger partial charge < -0.3 is 9.88 Å². The monoisotopic (exact) mass is 353 g/mol. The van der Waals surface area contributed by atoms with Crippen molar-refractivity contribution in [2.24, 2.45) is 7.05 Å². The van der Waals surface area contributed by atoms with Crippen LogP contribution in [0.25, 0.3) is 0 Å². The molecule has 0 saturated carbocycles. The molecule has 1 aliphatic rings. The third kappa shape index (κ3) is 5.05. The predicted molar refractivity (Wildman–Crippen MR) is 103 cm³/mol. The van der Waals surface area contributed by atoms with Gasteiger partial charge in [0.2, 0.25) is 5.91 Å². The average Bonchev–Trinajstić information content (AvgIpc) is 2.65. The van der Waals surface area contributed by atoms with Gasteiger partial charge in [0.25, 0.3) is 5.56 Å². The molecule has 1 aliphatic heterocycles. The smallest absolute Gasteiger partial charge is 0.250 e. The largest absolute Gasteiger partial charge is 0.355 e. The highest BCUT2D eigenvalue weighted by molar-refractivity contribution is 5.78. The lowest BCUT2D eigenvalue weighted by molar-refractivity contribution is -0.122. The lowest BCUT2D eigenvalue weighted by atomic mass is 9.90. The molecule has 5 nitrogen and oxygen atoms in total. The molecule has 2 heterocycles. The SMILES string of the molecule is Cn1ccc(C2CCN(CC(=O)NCCc3ccccc3)CC2)cc1=O. The van der Waals surface area contributed by atoms with Gasteiger partial charge in [0.1, 0.15) is 0 Å². The minimum atomic E-state index is 0.0442. The maximum absolute atomic E-state index is 12.1. The molecule has 1 fully saturated rings. The molecule has 0 bridgehead atoms. The summed E-state index contributed by atoms with van der Waals surface area (Å²) in [6.45, 7) is 2.92. The number of hydrogen-bond donors (Lipinski definition) is 1. The van der Waals surface area contributed by atoms with Crippen molar-refractivity contribution >= 4 is 5.91 Å². The van der Waals surface area contributed by atoms with Crippen molar-refractivity contribution in [2.45, 2.75) is 25.2 Å². The molecular weight excluding hydrogens is 326 g/mol. The molecule has 3 rings (SSSR count). The summed E-state index contributed by atoms with van der Waals surface area (Å²) < 4.78 is 1.60. The fourth-order valence-corrected chi connectivity index (χ4v) is 3.49. The topological polar surface area (TPSA) is 54.3 Å². The summed E-state index contributed by atoms with van der Waals surface area (Å²) in [5.41, 5.74) is 2.41. The van der Waals surface area contributed by atoms with Gasteiger partial charge in [0, 0.05) is 25.9 Å². The number of amides is 1. The van der Waals surface area contributed by atoms with E-state index in [0.717, 1.165) is 37.9 Å². The number of carbonyl (C=O) groups excluding carboxylic acids is 1. The molecule has 0 radical (unpaired) electrons. The molecule has 1 amide bonds. The quantitative estimate of drug-likeness (QED) is 0.863. The van der Waals surface area contributed by atoms with Crippen molar-refractivity contribution in [1.29, 1.82) is 0 Å². The molecule has 1 aromatic carbocycles. The van der Waals surface area contributed by atoms with E-state index in [1.54, 1.807) is 17.7 Å². The van der Waals surface area contributed by atoms with Gasteiger partial charge in [-0.3, -0.25) is 14.5 Å². The molecule has 0 aliphatic carbocycles. The second kappa shape index (κ2) is 8.81. The van der Waals surface area contributed by atoms with Crippen LogP contribution in [0.15, 0.2) is 53.5 Å². The number of nitrogens with one attached hydrogen (secondary N) is 1.